The van der Waals surface area contributed by atoms with Crippen LogP contribution >= 0.6 is 27.5 Å². The summed E-state index contributed by atoms with van der Waals surface area (Å²) in [5.74, 6) is 0.0664. The number of nitrogens with zero attached hydrogens (tertiary/aromatic N) is 2. The first-order valence-electron chi connectivity index (χ1n) is 6.00. The normalized spacial score (nSPS) is 12.3. The number of halogens is 5. The van der Waals surface area contributed by atoms with Crippen LogP contribution in [0.4, 0.5) is 19.0 Å². The number of rotatable bonds is 3. The molecule has 2 rings (SSSR count). The maximum absolute atomic E-state index is 12.9. The fourth-order valence-electron chi connectivity index (χ4n) is 1.72. The van der Waals surface area contributed by atoms with Crippen molar-refractivity contribution in [2.24, 2.45) is 0 Å². The topological polar surface area (TPSA) is 50.3 Å². The van der Waals surface area contributed by atoms with Crippen molar-refractivity contribution in [2.75, 3.05) is 11.4 Å². The molecule has 0 amide bonds. The highest BCUT2D eigenvalue weighted by molar-refractivity contribution is 9.10. The Labute approximate surface area is 144 Å². The van der Waals surface area contributed by atoms with Gasteiger partial charge in [-0.2, -0.15) is 13.2 Å². The van der Waals surface area contributed by atoms with Crippen molar-refractivity contribution in [2.45, 2.75) is 11.1 Å². The third-order valence-electron chi connectivity index (χ3n) is 2.94. The first-order valence-corrected chi connectivity index (χ1v) is 8.62. The summed E-state index contributed by atoms with van der Waals surface area (Å²) >= 11 is 8.66. The zero-order valence-electron chi connectivity index (χ0n) is 11.5. The maximum Gasteiger partial charge on any atom is 0.417 e. The van der Waals surface area contributed by atoms with Crippen LogP contribution < -0.4 is 4.31 Å². The second-order valence-corrected chi connectivity index (χ2v) is 7.74. The molecular formula is C13H9BrClF3N2O2S. The molecule has 10 heteroatoms. The molecule has 0 atom stereocenters. The van der Waals surface area contributed by atoms with Gasteiger partial charge in [0.1, 0.15) is 5.82 Å². The Balaban J connectivity index is 2.49. The monoisotopic (exact) mass is 428 g/mol. The van der Waals surface area contributed by atoms with Gasteiger partial charge in [0.2, 0.25) is 0 Å². The zero-order valence-corrected chi connectivity index (χ0v) is 14.6. The second-order valence-electron chi connectivity index (χ2n) is 4.45. The third-order valence-corrected chi connectivity index (χ3v) is 5.49. The Bertz CT molecular complexity index is 826. The van der Waals surface area contributed by atoms with E-state index in [0.29, 0.717) is 10.5 Å². The minimum Gasteiger partial charge on any atom is -0.253 e. The number of hydrogen-bond donors (Lipinski definition) is 0. The molecule has 0 aliphatic carbocycles. The molecule has 23 heavy (non-hydrogen) atoms. The number of sulfonamides is 1. The summed E-state index contributed by atoms with van der Waals surface area (Å²) in [5.41, 5.74) is -1.21. The number of pyridine rings is 1. The molecule has 2 aromatic rings. The van der Waals surface area contributed by atoms with Crippen molar-refractivity contribution in [1.29, 1.82) is 0 Å². The van der Waals surface area contributed by atoms with Crippen LogP contribution in [-0.2, 0) is 16.2 Å². The summed E-state index contributed by atoms with van der Waals surface area (Å²) in [6, 6.07) is 5.41. The molecule has 1 heterocycles. The van der Waals surface area contributed by atoms with E-state index in [0.717, 1.165) is 16.4 Å². The minimum absolute atomic E-state index is 0.0664. The van der Waals surface area contributed by atoms with Crippen LogP contribution in [0.15, 0.2) is 45.9 Å². The van der Waals surface area contributed by atoms with Crippen LogP contribution in [0, 0.1) is 0 Å². The first kappa shape index (κ1) is 18.0. The van der Waals surface area contributed by atoms with Crippen molar-refractivity contribution < 1.29 is 21.6 Å². The molecule has 0 saturated carbocycles. The molecule has 4 nitrogen and oxygen atoms in total. The lowest BCUT2D eigenvalue weighted by Crippen LogP contribution is -2.27. The molecule has 0 aliphatic rings. The Hall–Kier alpha value is -1.32. The molecule has 0 fully saturated rings. The summed E-state index contributed by atoms with van der Waals surface area (Å²) in [7, 11) is -3.01. The van der Waals surface area contributed by atoms with E-state index in [1.165, 1.54) is 19.3 Å². The third kappa shape index (κ3) is 3.78. The van der Waals surface area contributed by atoms with Crippen LogP contribution in [0.2, 0.25) is 5.02 Å². The van der Waals surface area contributed by atoms with Gasteiger partial charge in [0, 0.05) is 17.7 Å². The largest absolute Gasteiger partial charge is 0.417 e. The summed E-state index contributed by atoms with van der Waals surface area (Å²) in [5, 5.41) is -0.569. The van der Waals surface area contributed by atoms with Gasteiger partial charge in [-0.25, -0.2) is 13.4 Å². The van der Waals surface area contributed by atoms with Gasteiger partial charge in [0.25, 0.3) is 10.0 Å². The fourth-order valence-corrected chi connectivity index (χ4v) is 3.35. The molecule has 0 unspecified atom stereocenters. The maximum atomic E-state index is 12.9. The number of benzene rings is 1. The summed E-state index contributed by atoms with van der Waals surface area (Å²) < 4.78 is 65.0. The van der Waals surface area contributed by atoms with Crippen LogP contribution in [-0.4, -0.2) is 20.4 Å². The predicted octanol–water partition coefficient (Wildman–Crippen LogP) is 4.34. The van der Waals surface area contributed by atoms with E-state index >= 15 is 0 Å². The number of alkyl halides is 3. The van der Waals surface area contributed by atoms with Gasteiger partial charge in [0.15, 0.2) is 0 Å². The highest BCUT2D eigenvalue weighted by atomic mass is 79.9. The lowest BCUT2D eigenvalue weighted by molar-refractivity contribution is -0.137. The Kier molecular flexibility index (Phi) is 4.93. The highest BCUT2D eigenvalue weighted by Crippen LogP contribution is 2.36. The average Bonchev–Trinajstić information content (AvgIpc) is 2.46. The van der Waals surface area contributed by atoms with Gasteiger partial charge in [-0.15, -0.1) is 0 Å². The summed E-state index contributed by atoms with van der Waals surface area (Å²) in [6.07, 6.45) is -3.37. The first-order chi connectivity index (χ1) is 10.5. The average molecular weight is 430 g/mol. The second kappa shape index (κ2) is 6.29. The Morgan fingerprint density at radius 3 is 2.39 bits per heavy atom. The lowest BCUT2D eigenvalue weighted by atomic mass is 10.2. The smallest absolute Gasteiger partial charge is 0.253 e. The van der Waals surface area contributed by atoms with Crippen LogP contribution in [0.1, 0.15) is 5.56 Å². The van der Waals surface area contributed by atoms with Crippen molar-refractivity contribution >= 4 is 43.4 Å². The Morgan fingerprint density at radius 2 is 1.87 bits per heavy atom. The van der Waals surface area contributed by atoms with E-state index in [1.54, 1.807) is 6.07 Å². The molecule has 0 saturated heterocycles. The quantitative estimate of drug-likeness (QED) is 0.729. The van der Waals surface area contributed by atoms with E-state index < -0.39 is 31.7 Å². The van der Waals surface area contributed by atoms with Gasteiger partial charge in [-0.1, -0.05) is 11.6 Å². The molecule has 0 spiro atoms. The molecule has 0 aliphatic heterocycles. The molecule has 0 radical (unpaired) electrons. The van der Waals surface area contributed by atoms with Crippen molar-refractivity contribution in [3.8, 4) is 0 Å². The van der Waals surface area contributed by atoms with Gasteiger partial charge < -0.3 is 0 Å². The van der Waals surface area contributed by atoms with Crippen molar-refractivity contribution in [1.82, 2.24) is 4.98 Å². The van der Waals surface area contributed by atoms with Gasteiger partial charge >= 0.3 is 6.18 Å². The molecule has 0 bridgehead atoms. The molecule has 1 aromatic heterocycles. The van der Waals surface area contributed by atoms with Crippen LogP contribution in [0.3, 0.4) is 0 Å². The molecule has 1 aromatic carbocycles. The molecular weight excluding hydrogens is 421 g/mol. The summed E-state index contributed by atoms with van der Waals surface area (Å²) in [4.78, 5) is 3.38. The fraction of sp³-hybridized carbons (Fsp3) is 0.154. The molecule has 0 N–H and O–H groups in total. The SMILES string of the molecule is CN(c1ccc(Br)cn1)S(=O)(=O)c1ccc(Cl)c(C(F)(F)F)c1. The van der Waals surface area contributed by atoms with Gasteiger partial charge in [-0.3, -0.25) is 4.31 Å². The van der Waals surface area contributed by atoms with E-state index in [2.05, 4.69) is 20.9 Å². The Morgan fingerprint density at radius 1 is 1.22 bits per heavy atom. The van der Waals surface area contributed by atoms with Crippen LogP contribution in [0.5, 0.6) is 0 Å². The highest BCUT2D eigenvalue weighted by Gasteiger charge is 2.35. The van der Waals surface area contributed by atoms with E-state index in [4.69, 9.17) is 11.6 Å². The van der Waals surface area contributed by atoms with E-state index in [-0.39, 0.29) is 5.82 Å². The number of hydrogen-bond acceptors (Lipinski definition) is 3. The van der Waals surface area contributed by atoms with Crippen LogP contribution in [0.25, 0.3) is 0 Å². The predicted molar refractivity (Wildman–Crippen MR) is 84.0 cm³/mol. The van der Waals surface area contributed by atoms with E-state index in [1.807, 2.05) is 0 Å². The minimum atomic E-state index is -4.75. The van der Waals surface area contributed by atoms with E-state index in [9.17, 15) is 21.6 Å². The molecule has 124 valence electrons. The van der Waals surface area contributed by atoms with Crippen molar-refractivity contribution in [3.05, 3.63) is 51.6 Å². The van der Waals surface area contributed by atoms with Crippen molar-refractivity contribution in [3.63, 3.8) is 0 Å². The van der Waals surface area contributed by atoms with Gasteiger partial charge in [-0.05, 0) is 46.3 Å². The summed E-state index contributed by atoms with van der Waals surface area (Å²) in [6.45, 7) is 0. The van der Waals surface area contributed by atoms with Gasteiger partial charge in [0.05, 0.1) is 15.5 Å². The standard InChI is InChI=1S/C13H9BrClF3N2O2S/c1-20(12-5-2-8(14)7-19-12)23(21,22)9-3-4-11(15)10(6-9)13(16,17)18/h2-7H,1H3. The zero-order chi connectivity index (χ0) is 17.4. The number of anilines is 1. The lowest BCUT2D eigenvalue weighted by Gasteiger charge is -2.19. The number of aromatic nitrogens is 1.